The van der Waals surface area contributed by atoms with Crippen molar-refractivity contribution in [3.05, 3.63) is 54.1 Å². The van der Waals surface area contributed by atoms with E-state index in [-0.39, 0.29) is 5.78 Å². The van der Waals surface area contributed by atoms with Crippen molar-refractivity contribution in [1.29, 1.82) is 0 Å². The van der Waals surface area contributed by atoms with E-state index in [1.54, 1.807) is 0 Å². The molecule has 0 unspecified atom stereocenters. The lowest BCUT2D eigenvalue weighted by molar-refractivity contribution is 0.0988. The molecule has 92 valence electrons. The molecule has 0 aromatic heterocycles. The van der Waals surface area contributed by atoms with E-state index in [0.29, 0.717) is 6.42 Å². The van der Waals surface area contributed by atoms with E-state index in [0.717, 1.165) is 22.4 Å². The minimum absolute atomic E-state index is 0.187. The first kappa shape index (κ1) is 12.4. The number of hydrogen-bond donors (Lipinski definition) is 1. The molecule has 2 rings (SSSR count). The van der Waals surface area contributed by atoms with Gasteiger partial charge < -0.3 is 5.32 Å². The van der Waals surface area contributed by atoms with Crippen molar-refractivity contribution in [2.24, 2.45) is 0 Å². The number of rotatable bonds is 4. The van der Waals surface area contributed by atoms with Gasteiger partial charge in [0.1, 0.15) is 0 Å². The summed E-state index contributed by atoms with van der Waals surface area (Å²) >= 11 is 0. The molecule has 0 aliphatic heterocycles. The second-order valence-corrected chi connectivity index (χ2v) is 4.18. The fourth-order valence-corrected chi connectivity index (χ4v) is 1.88. The van der Waals surface area contributed by atoms with Gasteiger partial charge in [-0.25, -0.2) is 0 Å². The zero-order valence-electron chi connectivity index (χ0n) is 10.7. The zero-order valence-corrected chi connectivity index (χ0v) is 10.7. The molecule has 0 spiro atoms. The number of benzene rings is 2. The Kier molecular flexibility index (Phi) is 3.78. The van der Waals surface area contributed by atoms with Crippen LogP contribution in [0.3, 0.4) is 0 Å². The van der Waals surface area contributed by atoms with Gasteiger partial charge >= 0.3 is 0 Å². The van der Waals surface area contributed by atoms with Gasteiger partial charge in [0.05, 0.1) is 0 Å². The second-order valence-electron chi connectivity index (χ2n) is 4.18. The first-order chi connectivity index (χ1) is 8.74. The molecule has 0 aliphatic rings. The maximum atomic E-state index is 11.5. The quantitative estimate of drug-likeness (QED) is 0.817. The van der Waals surface area contributed by atoms with E-state index in [1.165, 1.54) is 0 Å². The maximum Gasteiger partial charge on any atom is 0.162 e. The molecule has 0 aliphatic carbocycles. The van der Waals surface area contributed by atoms with Gasteiger partial charge in [0, 0.05) is 24.7 Å². The van der Waals surface area contributed by atoms with Crippen LogP contribution in [-0.2, 0) is 0 Å². The smallest absolute Gasteiger partial charge is 0.162 e. The van der Waals surface area contributed by atoms with Crippen molar-refractivity contribution in [3.8, 4) is 11.1 Å². The normalized spacial score (nSPS) is 10.1. The Hall–Kier alpha value is -2.09. The fraction of sp³-hybridized carbons (Fsp3) is 0.188. The summed E-state index contributed by atoms with van der Waals surface area (Å²) in [4.78, 5) is 11.5. The Morgan fingerprint density at radius 1 is 0.944 bits per heavy atom. The van der Waals surface area contributed by atoms with Crippen LogP contribution in [-0.4, -0.2) is 12.8 Å². The Balaban J connectivity index is 2.25. The molecule has 2 nitrogen and oxygen atoms in total. The van der Waals surface area contributed by atoms with Gasteiger partial charge in [-0.15, -0.1) is 0 Å². The summed E-state index contributed by atoms with van der Waals surface area (Å²) in [6, 6.07) is 16.0. The van der Waals surface area contributed by atoms with Crippen molar-refractivity contribution in [3.63, 3.8) is 0 Å². The van der Waals surface area contributed by atoms with E-state index >= 15 is 0 Å². The topological polar surface area (TPSA) is 29.1 Å². The Morgan fingerprint density at radius 2 is 1.44 bits per heavy atom. The summed E-state index contributed by atoms with van der Waals surface area (Å²) in [7, 11) is 1.90. The van der Waals surface area contributed by atoms with Crippen LogP contribution in [0.15, 0.2) is 48.5 Å². The number of hydrogen-bond acceptors (Lipinski definition) is 2. The first-order valence-corrected chi connectivity index (χ1v) is 6.16. The van der Waals surface area contributed by atoms with Gasteiger partial charge in [0.2, 0.25) is 0 Å². The van der Waals surface area contributed by atoms with Crippen LogP contribution >= 0.6 is 0 Å². The predicted octanol–water partition coefficient (Wildman–Crippen LogP) is 3.99. The minimum Gasteiger partial charge on any atom is -0.388 e. The van der Waals surface area contributed by atoms with Crippen LogP contribution in [0.25, 0.3) is 11.1 Å². The largest absolute Gasteiger partial charge is 0.388 e. The summed E-state index contributed by atoms with van der Waals surface area (Å²) in [5, 5.41) is 3.09. The van der Waals surface area contributed by atoms with Gasteiger partial charge in [-0.3, -0.25) is 4.79 Å². The van der Waals surface area contributed by atoms with Gasteiger partial charge in [-0.05, 0) is 23.3 Å². The average Bonchev–Trinajstić information content (AvgIpc) is 2.47. The predicted molar refractivity (Wildman–Crippen MR) is 76.0 cm³/mol. The van der Waals surface area contributed by atoms with Crippen LogP contribution in [0, 0.1) is 0 Å². The Bertz CT molecular complexity index is 526. The maximum absolute atomic E-state index is 11.5. The highest BCUT2D eigenvalue weighted by Crippen LogP contribution is 2.22. The summed E-state index contributed by atoms with van der Waals surface area (Å²) in [6.07, 6.45) is 0.552. The number of nitrogens with one attached hydrogen (secondary N) is 1. The summed E-state index contributed by atoms with van der Waals surface area (Å²) in [5.41, 5.74) is 4.17. The third-order valence-corrected chi connectivity index (χ3v) is 3.03. The number of carbonyl (C=O) groups is 1. The second kappa shape index (κ2) is 5.50. The molecular weight excluding hydrogens is 222 g/mol. The van der Waals surface area contributed by atoms with E-state index in [9.17, 15) is 4.79 Å². The third kappa shape index (κ3) is 2.59. The first-order valence-electron chi connectivity index (χ1n) is 6.16. The van der Waals surface area contributed by atoms with Crippen LogP contribution in [0.2, 0.25) is 0 Å². The molecule has 0 heterocycles. The highest BCUT2D eigenvalue weighted by molar-refractivity contribution is 5.96. The summed E-state index contributed by atoms with van der Waals surface area (Å²) in [5.74, 6) is 0.187. The third-order valence-electron chi connectivity index (χ3n) is 3.03. The molecule has 18 heavy (non-hydrogen) atoms. The molecule has 0 saturated heterocycles. The molecule has 0 bridgehead atoms. The highest BCUT2D eigenvalue weighted by Gasteiger charge is 2.03. The van der Waals surface area contributed by atoms with E-state index in [1.807, 2.05) is 50.4 Å². The van der Waals surface area contributed by atoms with Crippen molar-refractivity contribution < 1.29 is 4.79 Å². The fourth-order valence-electron chi connectivity index (χ4n) is 1.88. The number of anilines is 1. The van der Waals surface area contributed by atoms with E-state index < -0.39 is 0 Å². The van der Waals surface area contributed by atoms with Crippen LogP contribution in [0.5, 0.6) is 0 Å². The molecule has 0 fully saturated rings. The van der Waals surface area contributed by atoms with Gasteiger partial charge in [-0.1, -0.05) is 43.3 Å². The molecule has 2 aromatic carbocycles. The highest BCUT2D eigenvalue weighted by atomic mass is 16.1. The van der Waals surface area contributed by atoms with Crippen molar-refractivity contribution >= 4 is 11.5 Å². The summed E-state index contributed by atoms with van der Waals surface area (Å²) < 4.78 is 0. The minimum atomic E-state index is 0.187. The Morgan fingerprint density at radius 3 is 1.89 bits per heavy atom. The van der Waals surface area contributed by atoms with Crippen LogP contribution < -0.4 is 5.32 Å². The lowest BCUT2D eigenvalue weighted by Crippen LogP contribution is -1.95. The lowest BCUT2D eigenvalue weighted by atomic mass is 10.0. The van der Waals surface area contributed by atoms with Crippen molar-refractivity contribution in [2.75, 3.05) is 12.4 Å². The van der Waals surface area contributed by atoms with Crippen molar-refractivity contribution in [2.45, 2.75) is 13.3 Å². The zero-order chi connectivity index (χ0) is 13.0. The Labute approximate surface area is 108 Å². The van der Waals surface area contributed by atoms with Crippen molar-refractivity contribution in [1.82, 2.24) is 0 Å². The monoisotopic (exact) mass is 239 g/mol. The van der Waals surface area contributed by atoms with Crippen LogP contribution in [0.1, 0.15) is 23.7 Å². The molecular formula is C16H17NO. The molecule has 0 radical (unpaired) electrons. The van der Waals surface area contributed by atoms with Gasteiger partial charge in [-0.2, -0.15) is 0 Å². The standard InChI is InChI=1S/C16H17NO/c1-3-16(18)14-6-4-12(5-7-14)13-8-10-15(17-2)11-9-13/h4-11,17H,3H2,1-2H3. The molecule has 2 heteroatoms. The number of ketones is 1. The average molecular weight is 239 g/mol. The van der Waals surface area contributed by atoms with E-state index in [2.05, 4.69) is 17.4 Å². The van der Waals surface area contributed by atoms with E-state index in [4.69, 9.17) is 0 Å². The molecule has 2 aromatic rings. The molecule has 0 saturated carbocycles. The van der Waals surface area contributed by atoms with Gasteiger partial charge in [0.25, 0.3) is 0 Å². The lowest BCUT2D eigenvalue weighted by Gasteiger charge is -2.05. The van der Waals surface area contributed by atoms with Crippen LogP contribution in [0.4, 0.5) is 5.69 Å². The number of Topliss-reactive ketones (excluding diaryl/α,β-unsaturated/α-hetero) is 1. The summed E-state index contributed by atoms with van der Waals surface area (Å²) in [6.45, 7) is 1.88. The molecule has 1 N–H and O–H groups in total. The van der Waals surface area contributed by atoms with Gasteiger partial charge in [0.15, 0.2) is 5.78 Å². The molecule has 0 amide bonds. The number of carbonyl (C=O) groups excluding carboxylic acids is 1. The molecule has 0 atom stereocenters. The SMILES string of the molecule is CCC(=O)c1ccc(-c2ccc(NC)cc2)cc1.